The maximum Gasteiger partial charge on any atom is 0.416 e. The van der Waals surface area contributed by atoms with Crippen LogP contribution in [0.2, 0.25) is 0 Å². The molecule has 8 heteroatoms. The van der Waals surface area contributed by atoms with Crippen LogP contribution in [0.3, 0.4) is 0 Å². The van der Waals surface area contributed by atoms with Crippen LogP contribution in [-0.4, -0.2) is 15.2 Å². The van der Waals surface area contributed by atoms with E-state index in [1.54, 1.807) is 0 Å². The van der Waals surface area contributed by atoms with Crippen molar-refractivity contribution in [2.75, 3.05) is 10.6 Å². The van der Waals surface area contributed by atoms with E-state index in [1.165, 1.54) is 23.9 Å². The highest BCUT2D eigenvalue weighted by Gasteiger charge is 2.30. The minimum absolute atomic E-state index is 0.242. The Morgan fingerprint density at radius 2 is 1.73 bits per heavy atom. The van der Waals surface area contributed by atoms with Gasteiger partial charge in [0.25, 0.3) is 0 Å². The molecule has 0 aliphatic heterocycles. The molecule has 0 radical (unpaired) electrons. The van der Waals surface area contributed by atoms with E-state index >= 15 is 0 Å². The molecule has 1 heterocycles. The number of halogens is 3. The number of hydrogen-bond donors (Lipinski definition) is 2. The summed E-state index contributed by atoms with van der Waals surface area (Å²) >= 11 is 0. The molecule has 2 aromatic carbocycles. The van der Waals surface area contributed by atoms with E-state index in [4.69, 9.17) is 0 Å². The van der Waals surface area contributed by atoms with Crippen molar-refractivity contribution in [3.05, 3.63) is 65.9 Å². The lowest BCUT2D eigenvalue weighted by molar-refractivity contribution is -0.137. The summed E-state index contributed by atoms with van der Waals surface area (Å²) in [5.41, 5.74) is 1.52. The molecule has 134 valence electrons. The monoisotopic (exact) mass is 359 g/mol. The minimum atomic E-state index is -4.40. The van der Waals surface area contributed by atoms with Crippen LogP contribution in [0.4, 0.5) is 36.3 Å². The predicted octanol–water partition coefficient (Wildman–Crippen LogP) is 4.94. The second-order valence-corrected chi connectivity index (χ2v) is 5.54. The van der Waals surface area contributed by atoms with Crippen molar-refractivity contribution in [1.29, 1.82) is 0 Å². The Kier molecular flexibility index (Phi) is 5.01. The topological polar surface area (TPSA) is 62.7 Å². The SMILES string of the molecule is CCc1ccc(Nc2nncc(Nc3cccc(C(F)(F)F)c3)n2)cc1. The molecule has 0 bridgehead atoms. The maximum atomic E-state index is 12.8. The molecule has 1 aromatic heterocycles. The molecule has 26 heavy (non-hydrogen) atoms. The minimum Gasteiger partial charge on any atom is -0.339 e. The largest absolute Gasteiger partial charge is 0.416 e. The zero-order chi connectivity index (χ0) is 18.6. The van der Waals surface area contributed by atoms with Crippen molar-refractivity contribution in [1.82, 2.24) is 15.2 Å². The third-order valence-electron chi connectivity index (χ3n) is 3.64. The van der Waals surface area contributed by atoms with Gasteiger partial charge < -0.3 is 10.6 Å². The Morgan fingerprint density at radius 1 is 0.962 bits per heavy atom. The van der Waals surface area contributed by atoms with Crippen LogP contribution in [-0.2, 0) is 12.6 Å². The summed E-state index contributed by atoms with van der Waals surface area (Å²) in [7, 11) is 0. The van der Waals surface area contributed by atoms with E-state index in [0.717, 1.165) is 24.2 Å². The van der Waals surface area contributed by atoms with E-state index in [-0.39, 0.29) is 17.5 Å². The zero-order valence-corrected chi connectivity index (χ0v) is 13.9. The molecule has 0 aliphatic rings. The molecule has 0 spiro atoms. The van der Waals surface area contributed by atoms with Crippen LogP contribution in [0.5, 0.6) is 0 Å². The first-order valence-corrected chi connectivity index (χ1v) is 7.94. The van der Waals surface area contributed by atoms with Crippen LogP contribution < -0.4 is 10.6 Å². The first kappa shape index (κ1) is 17.7. The second-order valence-electron chi connectivity index (χ2n) is 5.54. The van der Waals surface area contributed by atoms with Crippen LogP contribution in [0.1, 0.15) is 18.1 Å². The van der Waals surface area contributed by atoms with Gasteiger partial charge >= 0.3 is 6.18 Å². The van der Waals surface area contributed by atoms with E-state index in [2.05, 4.69) is 32.7 Å². The van der Waals surface area contributed by atoms with E-state index in [9.17, 15) is 13.2 Å². The number of nitrogens with one attached hydrogen (secondary N) is 2. The summed E-state index contributed by atoms with van der Waals surface area (Å²) in [6.07, 6.45) is -2.13. The number of aryl methyl sites for hydroxylation is 1. The molecular formula is C18H16F3N5. The van der Waals surface area contributed by atoms with Crippen molar-refractivity contribution in [2.45, 2.75) is 19.5 Å². The standard InChI is InChI=1S/C18H16F3N5/c1-2-12-6-8-14(9-7-12)24-17-25-16(11-22-26-17)23-15-5-3-4-13(10-15)18(19,20)21/h3-11H,2H2,1H3,(H2,23,24,25,26). The molecule has 3 aromatic rings. The molecule has 0 fully saturated rings. The summed E-state index contributed by atoms with van der Waals surface area (Å²) in [5, 5.41) is 13.5. The van der Waals surface area contributed by atoms with Gasteiger partial charge in [-0.15, -0.1) is 5.10 Å². The Labute approximate surface area is 148 Å². The van der Waals surface area contributed by atoms with Crippen LogP contribution in [0, 0.1) is 0 Å². The van der Waals surface area contributed by atoms with Gasteiger partial charge in [0.1, 0.15) is 0 Å². The number of hydrogen-bond acceptors (Lipinski definition) is 5. The van der Waals surface area contributed by atoms with Gasteiger partial charge in [0.2, 0.25) is 5.95 Å². The smallest absolute Gasteiger partial charge is 0.339 e. The van der Waals surface area contributed by atoms with Gasteiger partial charge in [0.15, 0.2) is 5.82 Å². The molecule has 0 amide bonds. The predicted molar refractivity (Wildman–Crippen MR) is 93.7 cm³/mol. The van der Waals surface area contributed by atoms with Gasteiger partial charge in [-0.2, -0.15) is 23.3 Å². The van der Waals surface area contributed by atoms with Gasteiger partial charge in [0, 0.05) is 11.4 Å². The van der Waals surface area contributed by atoms with E-state index in [0.29, 0.717) is 0 Å². The molecule has 5 nitrogen and oxygen atoms in total. The summed E-state index contributed by atoms with van der Waals surface area (Å²) < 4.78 is 38.4. The highest BCUT2D eigenvalue weighted by Crippen LogP contribution is 2.31. The second kappa shape index (κ2) is 7.38. The van der Waals surface area contributed by atoms with Crippen LogP contribution in [0.15, 0.2) is 54.7 Å². The number of nitrogens with zero attached hydrogens (tertiary/aromatic N) is 3. The Hall–Kier alpha value is -3.16. The highest BCUT2D eigenvalue weighted by atomic mass is 19.4. The van der Waals surface area contributed by atoms with Crippen LogP contribution >= 0.6 is 0 Å². The first-order valence-electron chi connectivity index (χ1n) is 7.94. The molecule has 0 unspecified atom stereocenters. The quantitative estimate of drug-likeness (QED) is 0.676. The van der Waals surface area contributed by atoms with E-state index in [1.807, 2.05) is 24.3 Å². The number of benzene rings is 2. The van der Waals surface area contributed by atoms with Gasteiger partial charge in [-0.3, -0.25) is 0 Å². The Balaban J connectivity index is 1.75. The van der Waals surface area contributed by atoms with Crippen molar-refractivity contribution >= 4 is 23.1 Å². The maximum absolute atomic E-state index is 12.8. The molecule has 2 N–H and O–H groups in total. The highest BCUT2D eigenvalue weighted by molar-refractivity contribution is 5.59. The lowest BCUT2D eigenvalue weighted by Gasteiger charge is -2.10. The molecule has 0 aliphatic carbocycles. The molecule has 3 rings (SSSR count). The molecule has 0 saturated heterocycles. The average molecular weight is 359 g/mol. The Morgan fingerprint density at radius 3 is 2.42 bits per heavy atom. The normalized spacial score (nSPS) is 11.2. The van der Waals surface area contributed by atoms with Gasteiger partial charge in [-0.25, -0.2) is 0 Å². The fourth-order valence-electron chi connectivity index (χ4n) is 2.29. The Bertz CT molecular complexity index is 878. The number of aromatic nitrogens is 3. The number of rotatable bonds is 5. The third-order valence-corrected chi connectivity index (χ3v) is 3.64. The van der Waals surface area contributed by atoms with Crippen molar-refractivity contribution in [3.8, 4) is 0 Å². The lowest BCUT2D eigenvalue weighted by Crippen LogP contribution is -2.06. The van der Waals surface area contributed by atoms with Gasteiger partial charge in [-0.1, -0.05) is 25.1 Å². The first-order chi connectivity index (χ1) is 12.4. The average Bonchev–Trinajstić information content (AvgIpc) is 2.62. The summed E-state index contributed by atoms with van der Waals surface area (Å²) in [5.74, 6) is 0.526. The third kappa shape index (κ3) is 4.47. The van der Waals surface area contributed by atoms with Crippen molar-refractivity contribution in [2.24, 2.45) is 0 Å². The fraction of sp³-hybridized carbons (Fsp3) is 0.167. The fourth-order valence-corrected chi connectivity index (χ4v) is 2.29. The van der Waals surface area contributed by atoms with Crippen molar-refractivity contribution < 1.29 is 13.2 Å². The van der Waals surface area contributed by atoms with Gasteiger partial charge in [-0.05, 0) is 42.3 Å². The summed E-state index contributed by atoms with van der Waals surface area (Å²) in [6.45, 7) is 2.07. The van der Waals surface area contributed by atoms with E-state index < -0.39 is 11.7 Å². The van der Waals surface area contributed by atoms with Gasteiger partial charge in [0.05, 0.1) is 11.8 Å². The van der Waals surface area contributed by atoms with Crippen LogP contribution in [0.25, 0.3) is 0 Å². The zero-order valence-electron chi connectivity index (χ0n) is 13.9. The molecule has 0 atom stereocenters. The number of alkyl halides is 3. The lowest BCUT2D eigenvalue weighted by atomic mass is 10.1. The summed E-state index contributed by atoms with van der Waals surface area (Å²) in [6, 6.07) is 12.6. The molecular weight excluding hydrogens is 343 g/mol. The van der Waals surface area contributed by atoms with Crippen molar-refractivity contribution in [3.63, 3.8) is 0 Å². The number of anilines is 4. The summed E-state index contributed by atoms with van der Waals surface area (Å²) in [4.78, 5) is 4.22. The molecule has 0 saturated carbocycles.